The number of furan rings is 1. The summed E-state index contributed by atoms with van der Waals surface area (Å²) in [4.78, 5) is 25.0. The van der Waals surface area contributed by atoms with Crippen LogP contribution in [0.3, 0.4) is 0 Å². The lowest BCUT2D eigenvalue weighted by Gasteiger charge is -2.13. The number of nitro benzene ring substituents is 1. The van der Waals surface area contributed by atoms with Crippen molar-refractivity contribution in [1.29, 1.82) is 0 Å². The summed E-state index contributed by atoms with van der Waals surface area (Å²) in [6, 6.07) is 18.8. The summed E-state index contributed by atoms with van der Waals surface area (Å²) in [5, 5.41) is 10.8. The molecule has 1 amide bonds. The first-order valence-corrected chi connectivity index (χ1v) is 9.43. The number of thiocarbonyl (C=S) groups is 1. The number of benzene rings is 2. The van der Waals surface area contributed by atoms with Gasteiger partial charge in [-0.1, -0.05) is 42.2 Å². The number of carbonyl (C=O) groups excluding carboxylic acids is 1. The van der Waals surface area contributed by atoms with Gasteiger partial charge in [0.15, 0.2) is 4.32 Å². The largest absolute Gasteiger partial charge is 0.457 e. The molecule has 4 rings (SSSR count). The molecule has 2 heterocycles. The molecule has 138 valence electrons. The van der Waals surface area contributed by atoms with E-state index in [-0.39, 0.29) is 11.6 Å². The molecule has 6 nitrogen and oxygen atoms in total. The number of carbonyl (C=O) groups is 1. The maximum absolute atomic E-state index is 12.7. The summed E-state index contributed by atoms with van der Waals surface area (Å²) >= 11 is 6.57. The summed E-state index contributed by atoms with van der Waals surface area (Å²) in [7, 11) is 0. The topological polar surface area (TPSA) is 76.6 Å². The second kappa shape index (κ2) is 7.41. The Labute approximate surface area is 169 Å². The van der Waals surface area contributed by atoms with Crippen molar-refractivity contribution in [3.8, 4) is 11.3 Å². The smallest absolute Gasteiger partial charge is 0.270 e. The number of hydrogen-bond donors (Lipinski definition) is 0. The fourth-order valence-electron chi connectivity index (χ4n) is 2.73. The molecule has 0 atom stereocenters. The van der Waals surface area contributed by atoms with Gasteiger partial charge < -0.3 is 4.42 Å². The second-order valence-electron chi connectivity index (χ2n) is 5.86. The number of anilines is 1. The molecule has 0 unspecified atom stereocenters. The number of non-ortho nitro benzene ring substituents is 1. The van der Waals surface area contributed by atoms with E-state index in [1.807, 2.05) is 30.3 Å². The first-order chi connectivity index (χ1) is 13.5. The first-order valence-electron chi connectivity index (χ1n) is 8.20. The average molecular weight is 408 g/mol. The van der Waals surface area contributed by atoms with Crippen LogP contribution in [0.2, 0.25) is 0 Å². The van der Waals surface area contributed by atoms with Crippen LogP contribution >= 0.6 is 24.0 Å². The zero-order valence-electron chi connectivity index (χ0n) is 14.3. The SMILES string of the molecule is O=C1/C(=C\c2ccc(-c3ccc([N+](=O)[O-])cc3)o2)SC(=S)N1c1ccccc1. The van der Waals surface area contributed by atoms with Gasteiger partial charge in [0.1, 0.15) is 11.5 Å². The molecule has 0 spiro atoms. The highest BCUT2D eigenvalue weighted by Gasteiger charge is 2.33. The van der Waals surface area contributed by atoms with E-state index in [9.17, 15) is 14.9 Å². The fourth-order valence-corrected chi connectivity index (χ4v) is 4.01. The molecule has 1 aliphatic heterocycles. The van der Waals surface area contributed by atoms with E-state index in [1.165, 1.54) is 28.8 Å². The Morgan fingerprint density at radius 1 is 1.04 bits per heavy atom. The highest BCUT2D eigenvalue weighted by atomic mass is 32.2. The van der Waals surface area contributed by atoms with Gasteiger partial charge in [-0.2, -0.15) is 0 Å². The van der Waals surface area contributed by atoms with E-state index < -0.39 is 4.92 Å². The normalized spacial score (nSPS) is 15.4. The molecule has 1 saturated heterocycles. The molecule has 1 aliphatic rings. The van der Waals surface area contributed by atoms with E-state index in [2.05, 4.69) is 0 Å². The van der Waals surface area contributed by atoms with Gasteiger partial charge in [0, 0.05) is 23.8 Å². The van der Waals surface area contributed by atoms with E-state index in [1.54, 1.807) is 30.3 Å². The summed E-state index contributed by atoms with van der Waals surface area (Å²) in [5.74, 6) is 0.857. The number of nitrogens with zero attached hydrogens (tertiary/aromatic N) is 2. The zero-order valence-corrected chi connectivity index (χ0v) is 15.9. The molecule has 3 aromatic rings. The molecule has 0 aliphatic carbocycles. The van der Waals surface area contributed by atoms with Crippen molar-refractivity contribution in [2.24, 2.45) is 0 Å². The van der Waals surface area contributed by atoms with Crippen molar-refractivity contribution in [3.05, 3.63) is 87.5 Å². The molecule has 8 heteroatoms. The number of thioether (sulfide) groups is 1. The van der Waals surface area contributed by atoms with E-state index >= 15 is 0 Å². The first kappa shape index (κ1) is 18.1. The van der Waals surface area contributed by atoms with Crippen molar-refractivity contribution in [2.75, 3.05) is 4.90 Å². The van der Waals surface area contributed by atoms with Gasteiger partial charge in [0.05, 0.1) is 15.5 Å². The number of amides is 1. The van der Waals surface area contributed by atoms with Gasteiger partial charge in [0.2, 0.25) is 0 Å². The molecule has 1 fully saturated rings. The number of rotatable bonds is 4. The lowest BCUT2D eigenvalue weighted by molar-refractivity contribution is -0.384. The number of para-hydroxylation sites is 1. The van der Waals surface area contributed by atoms with Gasteiger partial charge in [-0.15, -0.1) is 0 Å². The molecule has 0 radical (unpaired) electrons. The van der Waals surface area contributed by atoms with Crippen LogP contribution in [0.15, 0.2) is 76.1 Å². The Hall–Kier alpha value is -3.23. The highest BCUT2D eigenvalue weighted by molar-refractivity contribution is 8.27. The van der Waals surface area contributed by atoms with Gasteiger partial charge in [-0.05, 0) is 36.4 Å². The minimum atomic E-state index is -0.452. The van der Waals surface area contributed by atoms with Gasteiger partial charge in [-0.25, -0.2) is 0 Å². The van der Waals surface area contributed by atoms with Crippen molar-refractivity contribution >= 4 is 51.7 Å². The standard InChI is InChI=1S/C20H12N2O4S2/c23-19-18(28-20(27)21(19)14-4-2-1-3-5-14)12-16-10-11-17(26-16)13-6-8-15(9-7-13)22(24)25/h1-12H/b18-12+. The van der Waals surface area contributed by atoms with Gasteiger partial charge in [0.25, 0.3) is 11.6 Å². The Bertz CT molecular complexity index is 1100. The van der Waals surface area contributed by atoms with Crippen molar-refractivity contribution < 1.29 is 14.1 Å². The Balaban J connectivity index is 1.58. The van der Waals surface area contributed by atoms with Crippen molar-refractivity contribution in [2.45, 2.75) is 0 Å². The summed E-state index contributed by atoms with van der Waals surface area (Å²) in [5.41, 5.74) is 1.45. The molecule has 0 bridgehead atoms. The Morgan fingerprint density at radius 2 is 1.75 bits per heavy atom. The van der Waals surface area contributed by atoms with Gasteiger partial charge >= 0.3 is 0 Å². The van der Waals surface area contributed by atoms with E-state index in [4.69, 9.17) is 16.6 Å². The molecule has 0 saturated carbocycles. The third-order valence-electron chi connectivity index (χ3n) is 4.07. The number of nitro groups is 1. The minimum Gasteiger partial charge on any atom is -0.457 e. The van der Waals surface area contributed by atoms with Crippen molar-refractivity contribution in [3.63, 3.8) is 0 Å². The second-order valence-corrected chi connectivity index (χ2v) is 7.53. The summed E-state index contributed by atoms with van der Waals surface area (Å²) < 4.78 is 6.25. The van der Waals surface area contributed by atoms with Crippen LogP contribution in [0.25, 0.3) is 17.4 Å². The monoisotopic (exact) mass is 408 g/mol. The highest BCUT2D eigenvalue weighted by Crippen LogP contribution is 2.36. The fraction of sp³-hybridized carbons (Fsp3) is 0. The molecule has 1 aromatic heterocycles. The molecule has 28 heavy (non-hydrogen) atoms. The zero-order chi connectivity index (χ0) is 19.7. The average Bonchev–Trinajstić information content (AvgIpc) is 3.27. The van der Waals surface area contributed by atoms with Gasteiger partial charge in [-0.3, -0.25) is 19.8 Å². The predicted octanol–water partition coefficient (Wildman–Crippen LogP) is 5.26. The van der Waals surface area contributed by atoms with E-state index in [0.29, 0.717) is 26.3 Å². The summed E-state index contributed by atoms with van der Waals surface area (Å²) in [6.07, 6.45) is 1.65. The Morgan fingerprint density at radius 3 is 2.43 bits per heavy atom. The lowest BCUT2D eigenvalue weighted by atomic mass is 10.1. The number of hydrogen-bond acceptors (Lipinski definition) is 6. The van der Waals surface area contributed by atoms with Crippen LogP contribution in [0.5, 0.6) is 0 Å². The maximum Gasteiger partial charge on any atom is 0.270 e. The quantitative estimate of drug-likeness (QED) is 0.254. The third kappa shape index (κ3) is 3.47. The predicted molar refractivity (Wildman–Crippen MR) is 113 cm³/mol. The van der Waals surface area contributed by atoms with E-state index in [0.717, 1.165) is 5.69 Å². The van der Waals surface area contributed by atoms with Crippen molar-refractivity contribution in [1.82, 2.24) is 0 Å². The van der Waals surface area contributed by atoms with Crippen LogP contribution < -0.4 is 4.90 Å². The summed E-state index contributed by atoms with van der Waals surface area (Å²) in [6.45, 7) is 0. The van der Waals surface area contributed by atoms with Crippen LogP contribution in [-0.2, 0) is 4.79 Å². The molecular weight excluding hydrogens is 396 g/mol. The molecular formula is C20H12N2O4S2. The Kier molecular flexibility index (Phi) is 4.81. The van der Waals surface area contributed by atoms with Crippen LogP contribution in [0.4, 0.5) is 11.4 Å². The maximum atomic E-state index is 12.7. The molecule has 0 N–H and O–H groups in total. The van der Waals surface area contributed by atoms with Crippen LogP contribution in [0, 0.1) is 10.1 Å². The third-order valence-corrected chi connectivity index (χ3v) is 5.37. The van der Waals surface area contributed by atoms with Crippen LogP contribution in [0.1, 0.15) is 5.76 Å². The van der Waals surface area contributed by atoms with Crippen LogP contribution in [-0.4, -0.2) is 15.2 Å². The minimum absolute atomic E-state index is 0.0140. The lowest BCUT2D eigenvalue weighted by Crippen LogP contribution is -2.27. The molecule has 2 aromatic carbocycles.